The molecule has 3 rings (SSSR count). The molecule has 3 nitrogen and oxygen atoms in total. The summed E-state index contributed by atoms with van der Waals surface area (Å²) < 4.78 is 2.28. The summed E-state index contributed by atoms with van der Waals surface area (Å²) >= 11 is 3.77. The van der Waals surface area contributed by atoms with Crippen LogP contribution in [-0.2, 0) is 4.79 Å². The van der Waals surface area contributed by atoms with Gasteiger partial charge in [0.15, 0.2) is 5.66 Å². The molecule has 3 fully saturated rings. The highest BCUT2D eigenvalue weighted by atomic mass is 79.9. The average molecular weight is 338 g/mol. The van der Waals surface area contributed by atoms with Gasteiger partial charge in [-0.3, -0.25) is 4.90 Å². The molecule has 18 heavy (non-hydrogen) atoms. The highest BCUT2D eigenvalue weighted by Gasteiger charge is 2.60. The van der Waals surface area contributed by atoms with Crippen LogP contribution in [0.2, 0.25) is 0 Å². The van der Waals surface area contributed by atoms with E-state index in [-0.39, 0.29) is 24.1 Å². The lowest BCUT2D eigenvalue weighted by Gasteiger charge is -2.37. The molecule has 2 bridgehead atoms. The minimum Gasteiger partial charge on any atom is -1.00 e. The zero-order chi connectivity index (χ0) is 11.9. The van der Waals surface area contributed by atoms with Crippen LogP contribution >= 0.6 is 16.1 Å². The number of hydrogen-bond acceptors (Lipinski definition) is 2. The van der Waals surface area contributed by atoms with E-state index < -0.39 is 0 Å². The van der Waals surface area contributed by atoms with Crippen molar-refractivity contribution in [3.05, 3.63) is 0 Å². The number of quaternary nitrogens is 1. The first-order valence-electron chi connectivity index (χ1n) is 7.11. The Kier molecular flexibility index (Phi) is 4.74. The van der Waals surface area contributed by atoms with Gasteiger partial charge in [-0.15, -0.1) is 0 Å². The molecule has 5 heteroatoms. The molecule has 0 aromatic heterocycles. The van der Waals surface area contributed by atoms with E-state index in [0.29, 0.717) is 5.91 Å². The average Bonchev–Trinajstić information content (AvgIpc) is 2.47. The number of nitrogens with one attached hydrogen (secondary N) is 1. The Morgan fingerprint density at radius 2 is 1.78 bits per heavy atom. The van der Waals surface area contributed by atoms with Gasteiger partial charge in [0.25, 0.3) is 0 Å². The van der Waals surface area contributed by atoms with Crippen LogP contribution in [0.5, 0.6) is 0 Å². The van der Waals surface area contributed by atoms with Gasteiger partial charge in [-0.05, 0) is 32.1 Å². The Hall–Kier alpha value is 0.360. The summed E-state index contributed by atoms with van der Waals surface area (Å²) in [5, 5.41) is 0. The monoisotopic (exact) mass is 336 g/mol. The van der Waals surface area contributed by atoms with Crippen molar-refractivity contribution in [2.45, 2.75) is 69.5 Å². The number of carbonyl (C=O) groups is 1. The maximum absolute atomic E-state index is 12.6. The molecule has 0 saturated carbocycles. The lowest BCUT2D eigenvalue weighted by atomic mass is 9.93. The number of amides is 1. The first-order chi connectivity index (χ1) is 8.26. The maximum atomic E-state index is 12.6. The third kappa shape index (κ3) is 2.15. The number of halogens is 2. The van der Waals surface area contributed by atoms with Crippen LogP contribution in [0.25, 0.3) is 0 Å². The molecule has 3 heterocycles. The van der Waals surface area contributed by atoms with Crippen molar-refractivity contribution in [3.8, 4) is 0 Å². The Labute approximate surface area is 124 Å². The second-order valence-electron chi connectivity index (χ2n) is 5.86. The zero-order valence-corrected chi connectivity index (χ0v) is 13.1. The number of hydrogen-bond donors (Lipinski definition) is 1. The van der Waals surface area contributed by atoms with Crippen LogP contribution in [0, 0.1) is 0 Å². The van der Waals surface area contributed by atoms with E-state index in [4.69, 9.17) is 0 Å². The van der Waals surface area contributed by atoms with Crippen molar-refractivity contribution in [3.63, 3.8) is 0 Å². The molecule has 1 amide bonds. The van der Waals surface area contributed by atoms with E-state index in [2.05, 4.69) is 20.1 Å². The molecule has 3 aliphatic rings. The Balaban J connectivity index is 0.00000120. The van der Waals surface area contributed by atoms with E-state index in [1.54, 1.807) is 0 Å². The smallest absolute Gasteiger partial charge is 0.331 e. The van der Waals surface area contributed by atoms with Gasteiger partial charge < -0.3 is 12.4 Å². The van der Waals surface area contributed by atoms with Gasteiger partial charge in [-0.2, -0.15) is 3.93 Å². The normalized spacial score (nSPS) is 41.3. The van der Waals surface area contributed by atoms with Crippen molar-refractivity contribution in [1.82, 2.24) is 3.93 Å². The Morgan fingerprint density at radius 3 is 2.50 bits per heavy atom. The highest BCUT2D eigenvalue weighted by molar-refractivity contribution is 9.07. The molecule has 1 N–H and O–H groups in total. The molecule has 3 aliphatic heterocycles. The van der Waals surface area contributed by atoms with E-state index in [1.807, 2.05) is 0 Å². The molecule has 1 spiro atoms. The fourth-order valence-corrected chi connectivity index (χ4v) is 4.99. The fraction of sp³-hybridized carbons (Fsp3) is 0.923. The number of nitrogens with zero attached hydrogens (tertiary/aromatic N) is 1. The summed E-state index contributed by atoms with van der Waals surface area (Å²) in [5.41, 5.74) is 0.0959. The van der Waals surface area contributed by atoms with Gasteiger partial charge in [-0.1, -0.05) is 12.8 Å². The van der Waals surface area contributed by atoms with Gasteiger partial charge in [0, 0.05) is 29.0 Å². The van der Waals surface area contributed by atoms with Gasteiger partial charge in [0.05, 0.1) is 6.54 Å². The second-order valence-corrected chi connectivity index (χ2v) is 6.63. The van der Waals surface area contributed by atoms with Crippen LogP contribution in [0.4, 0.5) is 0 Å². The SMILES string of the molecule is O=C1C2CCCCCC3(CCCCC[NH+]13)N2Br.[Cl-]. The van der Waals surface area contributed by atoms with Crippen molar-refractivity contribution in [2.75, 3.05) is 6.54 Å². The Morgan fingerprint density at radius 1 is 1.11 bits per heavy atom. The zero-order valence-electron chi connectivity index (χ0n) is 10.8. The van der Waals surface area contributed by atoms with Crippen LogP contribution in [0.1, 0.15) is 57.8 Å². The summed E-state index contributed by atoms with van der Waals surface area (Å²) in [6.07, 6.45) is 11.0. The van der Waals surface area contributed by atoms with Crippen LogP contribution < -0.4 is 17.3 Å². The summed E-state index contributed by atoms with van der Waals surface area (Å²) in [4.78, 5) is 13.8. The number of fused-ring (bicyclic) bond motifs is 1. The molecule has 0 aromatic rings. The largest absolute Gasteiger partial charge is 1.00 e. The lowest BCUT2D eigenvalue weighted by Crippen LogP contribution is -3.21. The standard InChI is InChI=1S/C13H21BrN2O.ClH/c14-16-11-7-3-1-4-8-13(16)9-5-2-6-10-15(13)12(11)17;/h11H,1-10H2;1H. The van der Waals surface area contributed by atoms with Crippen LogP contribution in [0.3, 0.4) is 0 Å². The van der Waals surface area contributed by atoms with E-state index >= 15 is 0 Å². The minimum atomic E-state index is 0. The third-order valence-corrected chi connectivity index (χ3v) is 6.10. The molecule has 104 valence electrons. The van der Waals surface area contributed by atoms with Crippen LogP contribution in [-0.4, -0.2) is 28.1 Å². The summed E-state index contributed by atoms with van der Waals surface area (Å²) in [5.74, 6) is 0.464. The topological polar surface area (TPSA) is 24.8 Å². The first-order valence-corrected chi connectivity index (χ1v) is 7.82. The lowest BCUT2D eigenvalue weighted by molar-refractivity contribution is -0.877. The van der Waals surface area contributed by atoms with Crippen molar-refractivity contribution >= 4 is 22.1 Å². The van der Waals surface area contributed by atoms with Crippen molar-refractivity contribution < 1.29 is 22.1 Å². The molecule has 0 aliphatic carbocycles. The number of carbonyl (C=O) groups excluding carboxylic acids is 1. The van der Waals surface area contributed by atoms with Crippen molar-refractivity contribution in [1.29, 1.82) is 0 Å². The minimum absolute atomic E-state index is 0. The van der Waals surface area contributed by atoms with Crippen molar-refractivity contribution in [2.24, 2.45) is 0 Å². The number of rotatable bonds is 0. The van der Waals surface area contributed by atoms with Gasteiger partial charge in [-0.25, -0.2) is 4.79 Å². The van der Waals surface area contributed by atoms with Crippen LogP contribution in [0.15, 0.2) is 0 Å². The molecule has 3 saturated heterocycles. The predicted molar refractivity (Wildman–Crippen MR) is 69.7 cm³/mol. The second kappa shape index (κ2) is 5.78. The van der Waals surface area contributed by atoms with E-state index in [0.717, 1.165) is 13.0 Å². The molecule has 3 unspecified atom stereocenters. The molecule has 3 atom stereocenters. The van der Waals surface area contributed by atoms with E-state index in [9.17, 15) is 4.79 Å². The van der Waals surface area contributed by atoms with E-state index in [1.165, 1.54) is 56.3 Å². The fourth-order valence-electron chi connectivity index (χ4n) is 4.03. The summed E-state index contributed by atoms with van der Waals surface area (Å²) in [6.45, 7) is 1.05. The summed E-state index contributed by atoms with van der Waals surface area (Å²) in [6, 6.07) is 0.142. The van der Waals surface area contributed by atoms with Gasteiger partial charge >= 0.3 is 5.91 Å². The molecule has 0 aromatic carbocycles. The summed E-state index contributed by atoms with van der Waals surface area (Å²) in [7, 11) is 0. The first kappa shape index (κ1) is 14.8. The Bertz CT molecular complexity index is 328. The highest BCUT2D eigenvalue weighted by Crippen LogP contribution is 2.37. The predicted octanol–water partition coefficient (Wildman–Crippen LogP) is -1.37. The van der Waals surface area contributed by atoms with Gasteiger partial charge in [0.1, 0.15) is 6.04 Å². The molecular formula is C13H22BrClN2O. The molecular weight excluding hydrogens is 316 g/mol. The molecule has 0 radical (unpaired) electrons. The quantitative estimate of drug-likeness (QED) is 0.552. The van der Waals surface area contributed by atoms with Gasteiger partial charge in [0.2, 0.25) is 0 Å². The third-order valence-electron chi connectivity index (χ3n) is 4.93. The maximum Gasteiger partial charge on any atom is 0.331 e.